The van der Waals surface area contributed by atoms with E-state index in [4.69, 9.17) is 16.3 Å². The summed E-state index contributed by atoms with van der Waals surface area (Å²) in [6, 6.07) is 10.7. The number of halogens is 1. The summed E-state index contributed by atoms with van der Waals surface area (Å²) in [6.45, 7) is -0.642. The Morgan fingerprint density at radius 1 is 0.962 bits per heavy atom. The molecule has 0 spiro atoms. The molecule has 0 fully saturated rings. The Kier molecular flexibility index (Phi) is 6.23. The number of hydrazine groups is 1. The van der Waals surface area contributed by atoms with Gasteiger partial charge in [-0.15, -0.1) is 0 Å². The van der Waals surface area contributed by atoms with Crippen LogP contribution in [0.4, 0.5) is 5.69 Å². The van der Waals surface area contributed by atoms with E-state index in [2.05, 4.69) is 10.9 Å². The molecule has 2 amide bonds. The highest BCUT2D eigenvalue weighted by molar-refractivity contribution is 6.30. The van der Waals surface area contributed by atoms with Crippen molar-refractivity contribution in [1.29, 1.82) is 0 Å². The number of ether oxygens (including phenoxy) is 1. The van der Waals surface area contributed by atoms with E-state index in [1.165, 1.54) is 36.4 Å². The highest BCUT2D eigenvalue weighted by atomic mass is 35.5. The lowest BCUT2D eigenvalue weighted by Gasteiger charge is -2.08. The van der Waals surface area contributed by atoms with Crippen LogP contribution in [-0.4, -0.2) is 29.3 Å². The summed E-state index contributed by atoms with van der Waals surface area (Å²) in [5.41, 5.74) is 4.39. The van der Waals surface area contributed by atoms with Crippen molar-refractivity contribution in [3.63, 3.8) is 0 Å². The Morgan fingerprint density at radius 3 is 2.12 bits per heavy atom. The first-order valence-corrected chi connectivity index (χ1v) is 7.51. The second-order valence-corrected chi connectivity index (χ2v) is 5.33. The maximum absolute atomic E-state index is 11.8. The van der Waals surface area contributed by atoms with E-state index >= 15 is 0 Å². The highest BCUT2D eigenvalue weighted by Gasteiger charge is 2.13. The van der Waals surface area contributed by atoms with Gasteiger partial charge in [0.25, 0.3) is 17.5 Å². The molecule has 2 aromatic carbocycles. The predicted molar refractivity (Wildman–Crippen MR) is 90.4 cm³/mol. The van der Waals surface area contributed by atoms with E-state index in [1.54, 1.807) is 0 Å². The first-order valence-electron chi connectivity index (χ1n) is 7.13. The van der Waals surface area contributed by atoms with E-state index in [0.717, 1.165) is 12.1 Å². The van der Waals surface area contributed by atoms with Gasteiger partial charge < -0.3 is 4.74 Å². The Labute approximate surface area is 152 Å². The molecule has 0 aromatic heterocycles. The van der Waals surface area contributed by atoms with Crippen LogP contribution >= 0.6 is 11.6 Å². The number of hydrogen-bond acceptors (Lipinski definition) is 6. The lowest BCUT2D eigenvalue weighted by atomic mass is 10.2. The maximum Gasteiger partial charge on any atom is 0.338 e. The van der Waals surface area contributed by atoms with Gasteiger partial charge in [-0.1, -0.05) is 11.6 Å². The van der Waals surface area contributed by atoms with Crippen LogP contribution in [-0.2, 0) is 9.53 Å². The van der Waals surface area contributed by atoms with Crippen LogP contribution in [0.3, 0.4) is 0 Å². The summed E-state index contributed by atoms with van der Waals surface area (Å²) >= 11 is 5.71. The van der Waals surface area contributed by atoms with Crippen molar-refractivity contribution in [3.05, 3.63) is 74.8 Å². The zero-order valence-electron chi connectivity index (χ0n) is 13.1. The second-order valence-electron chi connectivity index (χ2n) is 4.89. The van der Waals surface area contributed by atoms with E-state index in [-0.39, 0.29) is 16.8 Å². The molecule has 0 saturated heterocycles. The van der Waals surface area contributed by atoms with Gasteiger partial charge in [0.15, 0.2) is 6.61 Å². The first kappa shape index (κ1) is 18.9. The van der Waals surface area contributed by atoms with Crippen LogP contribution in [0.25, 0.3) is 0 Å². The first-order chi connectivity index (χ1) is 12.4. The molecular formula is C16H12ClN3O6. The summed E-state index contributed by atoms with van der Waals surface area (Å²) in [6.07, 6.45) is 0. The monoisotopic (exact) mass is 377 g/mol. The number of nitrogens with one attached hydrogen (secondary N) is 2. The van der Waals surface area contributed by atoms with Crippen molar-refractivity contribution in [3.8, 4) is 0 Å². The normalized spacial score (nSPS) is 9.88. The molecule has 0 aliphatic heterocycles. The molecule has 0 atom stereocenters. The summed E-state index contributed by atoms with van der Waals surface area (Å²) in [7, 11) is 0. The fourth-order valence-electron chi connectivity index (χ4n) is 1.77. The molecule has 0 aliphatic rings. The van der Waals surface area contributed by atoms with Crippen LogP contribution in [0.2, 0.25) is 5.02 Å². The molecule has 10 heteroatoms. The van der Waals surface area contributed by atoms with Crippen molar-refractivity contribution >= 4 is 35.1 Å². The molecule has 0 radical (unpaired) electrons. The summed E-state index contributed by atoms with van der Waals surface area (Å²) in [4.78, 5) is 45.1. The average Bonchev–Trinajstić information content (AvgIpc) is 2.64. The largest absolute Gasteiger partial charge is 0.452 e. The lowest BCUT2D eigenvalue weighted by molar-refractivity contribution is -0.384. The van der Waals surface area contributed by atoms with Gasteiger partial charge in [0.2, 0.25) is 0 Å². The number of rotatable bonds is 5. The molecule has 26 heavy (non-hydrogen) atoms. The number of amides is 2. The number of non-ortho nitro benzene ring substituents is 1. The van der Waals surface area contributed by atoms with Crippen LogP contribution in [0.5, 0.6) is 0 Å². The third kappa shape index (κ3) is 5.28. The summed E-state index contributed by atoms with van der Waals surface area (Å²) in [5, 5.41) is 11.0. The van der Waals surface area contributed by atoms with Crippen molar-refractivity contribution in [2.24, 2.45) is 0 Å². The van der Waals surface area contributed by atoms with E-state index in [9.17, 15) is 24.5 Å². The van der Waals surface area contributed by atoms with Crippen LogP contribution < -0.4 is 10.9 Å². The Balaban J connectivity index is 1.79. The van der Waals surface area contributed by atoms with Gasteiger partial charge in [0, 0.05) is 22.7 Å². The zero-order valence-corrected chi connectivity index (χ0v) is 13.9. The quantitative estimate of drug-likeness (QED) is 0.465. The van der Waals surface area contributed by atoms with E-state index in [1.807, 2.05) is 0 Å². The smallest absolute Gasteiger partial charge is 0.338 e. The fourth-order valence-corrected chi connectivity index (χ4v) is 1.90. The number of esters is 1. The molecule has 0 unspecified atom stereocenters. The minimum atomic E-state index is -0.834. The molecule has 0 aliphatic carbocycles. The SMILES string of the molecule is O=C(COC(=O)c1ccc([N+](=O)[O-])cc1)NNC(=O)c1ccc(Cl)cc1. The van der Waals surface area contributed by atoms with Crippen molar-refractivity contribution in [2.45, 2.75) is 0 Å². The molecule has 0 saturated carbocycles. The second kappa shape index (κ2) is 8.58. The van der Waals surface area contributed by atoms with Gasteiger partial charge in [-0.25, -0.2) is 4.79 Å². The Bertz CT molecular complexity index is 836. The molecule has 0 bridgehead atoms. The molecule has 134 valence electrons. The van der Waals surface area contributed by atoms with Crippen LogP contribution in [0.15, 0.2) is 48.5 Å². The summed E-state index contributed by atoms with van der Waals surface area (Å²) < 4.78 is 4.75. The van der Waals surface area contributed by atoms with Gasteiger partial charge in [-0.2, -0.15) is 0 Å². The van der Waals surface area contributed by atoms with Crippen LogP contribution in [0.1, 0.15) is 20.7 Å². The van der Waals surface area contributed by atoms with Crippen molar-refractivity contribution in [2.75, 3.05) is 6.61 Å². The van der Waals surface area contributed by atoms with Gasteiger partial charge >= 0.3 is 5.97 Å². The fraction of sp³-hybridized carbons (Fsp3) is 0.0625. The number of nitro groups is 1. The van der Waals surface area contributed by atoms with Gasteiger partial charge in [0.05, 0.1) is 10.5 Å². The van der Waals surface area contributed by atoms with Gasteiger partial charge in [-0.3, -0.25) is 30.6 Å². The highest BCUT2D eigenvalue weighted by Crippen LogP contribution is 2.12. The molecular weight excluding hydrogens is 366 g/mol. The molecule has 2 N–H and O–H groups in total. The third-order valence-corrected chi connectivity index (χ3v) is 3.32. The molecule has 9 nitrogen and oxygen atoms in total. The summed E-state index contributed by atoms with van der Waals surface area (Å²) in [5.74, 6) is -2.17. The Morgan fingerprint density at radius 2 is 1.54 bits per heavy atom. The minimum absolute atomic E-state index is 0.0496. The number of hydrogen-bond donors (Lipinski definition) is 2. The number of nitro benzene ring substituents is 1. The molecule has 0 heterocycles. The average molecular weight is 378 g/mol. The number of nitrogens with zero attached hydrogens (tertiary/aromatic N) is 1. The number of carbonyl (C=O) groups is 3. The Hall–Kier alpha value is -3.46. The number of carbonyl (C=O) groups excluding carboxylic acids is 3. The standard InChI is InChI=1S/C16H12ClN3O6/c17-12-5-1-10(2-6-12)15(22)19-18-14(21)9-26-16(23)11-3-7-13(8-4-11)20(24)25/h1-8H,9H2,(H,18,21)(H,19,22). The van der Waals surface area contributed by atoms with Gasteiger partial charge in [-0.05, 0) is 36.4 Å². The zero-order chi connectivity index (χ0) is 19.1. The molecule has 2 rings (SSSR count). The third-order valence-electron chi connectivity index (χ3n) is 3.07. The number of benzene rings is 2. The lowest BCUT2D eigenvalue weighted by Crippen LogP contribution is -2.43. The van der Waals surface area contributed by atoms with E-state index < -0.39 is 29.3 Å². The van der Waals surface area contributed by atoms with Crippen molar-refractivity contribution < 1.29 is 24.0 Å². The maximum atomic E-state index is 11.8. The van der Waals surface area contributed by atoms with Crippen LogP contribution in [0, 0.1) is 10.1 Å². The van der Waals surface area contributed by atoms with E-state index in [0.29, 0.717) is 5.02 Å². The topological polar surface area (TPSA) is 128 Å². The predicted octanol–water partition coefficient (Wildman–Crippen LogP) is 1.87. The minimum Gasteiger partial charge on any atom is -0.452 e. The van der Waals surface area contributed by atoms with Gasteiger partial charge in [0.1, 0.15) is 0 Å². The van der Waals surface area contributed by atoms with Crippen molar-refractivity contribution in [1.82, 2.24) is 10.9 Å². The molecule has 2 aromatic rings.